The molecular weight excluding hydrogens is 389 g/mol. The van der Waals surface area contributed by atoms with Gasteiger partial charge in [-0.25, -0.2) is 14.8 Å². The van der Waals surface area contributed by atoms with Gasteiger partial charge < -0.3 is 19.7 Å². The second-order valence-electron chi connectivity index (χ2n) is 7.07. The molecule has 1 N–H and O–H groups in total. The molecule has 10 heteroatoms. The molecule has 1 aromatic heterocycles. The minimum atomic E-state index is -4.40. The van der Waals surface area contributed by atoms with Crippen LogP contribution in [0.4, 0.5) is 29.5 Å². The maximum absolute atomic E-state index is 12.7. The summed E-state index contributed by atoms with van der Waals surface area (Å²) in [5.41, 5.74) is -0.860. The van der Waals surface area contributed by atoms with Gasteiger partial charge in [-0.1, -0.05) is 0 Å². The Morgan fingerprint density at radius 1 is 1.10 bits per heavy atom. The highest BCUT2D eigenvalue weighted by Crippen LogP contribution is 2.33. The third-order valence-corrected chi connectivity index (χ3v) is 3.56. The second-order valence-corrected chi connectivity index (χ2v) is 7.07. The molecule has 1 aromatic carbocycles. The molecule has 1 amide bonds. The van der Waals surface area contributed by atoms with Crippen molar-refractivity contribution in [2.45, 2.75) is 32.5 Å². The number of alkyl carbamates (subject to hydrolysis) is 1. The molecule has 0 spiro atoms. The van der Waals surface area contributed by atoms with E-state index in [-0.39, 0.29) is 19.0 Å². The second kappa shape index (κ2) is 8.97. The van der Waals surface area contributed by atoms with Gasteiger partial charge in [0.1, 0.15) is 12.2 Å². The smallest absolute Gasteiger partial charge is 0.416 e. The monoisotopic (exact) mass is 412 g/mol. The van der Waals surface area contributed by atoms with Gasteiger partial charge in [0.05, 0.1) is 12.1 Å². The van der Waals surface area contributed by atoms with Crippen LogP contribution in [0.3, 0.4) is 0 Å². The van der Waals surface area contributed by atoms with Gasteiger partial charge in [-0.05, 0) is 45.0 Å². The number of hydrogen-bond acceptors (Lipinski definition) is 6. The molecule has 0 saturated carbocycles. The highest BCUT2D eigenvalue weighted by atomic mass is 19.4. The molecular formula is C19H23F3N4O3. The van der Waals surface area contributed by atoms with Crippen molar-refractivity contribution >= 4 is 17.6 Å². The summed E-state index contributed by atoms with van der Waals surface area (Å²) in [7, 11) is 1.64. The molecule has 7 nitrogen and oxygen atoms in total. The van der Waals surface area contributed by atoms with Crippen molar-refractivity contribution in [1.82, 2.24) is 15.3 Å². The van der Waals surface area contributed by atoms with Gasteiger partial charge in [-0.2, -0.15) is 13.2 Å². The van der Waals surface area contributed by atoms with Crippen molar-refractivity contribution in [3.8, 4) is 5.88 Å². The maximum atomic E-state index is 12.7. The Kier molecular flexibility index (Phi) is 6.89. The quantitative estimate of drug-likeness (QED) is 0.718. The van der Waals surface area contributed by atoms with Crippen LogP contribution in [-0.4, -0.2) is 41.9 Å². The summed E-state index contributed by atoms with van der Waals surface area (Å²) in [5.74, 6) is 0.505. The van der Waals surface area contributed by atoms with Crippen LogP contribution in [0.5, 0.6) is 5.88 Å². The van der Waals surface area contributed by atoms with Crippen LogP contribution in [0, 0.1) is 0 Å². The fourth-order valence-corrected chi connectivity index (χ4v) is 2.26. The normalized spacial score (nSPS) is 11.7. The highest BCUT2D eigenvalue weighted by molar-refractivity contribution is 5.67. The molecule has 2 aromatic rings. The molecule has 0 aliphatic rings. The predicted octanol–water partition coefficient (Wildman–Crippen LogP) is 4.17. The average Bonchev–Trinajstić information content (AvgIpc) is 2.63. The Hall–Kier alpha value is -3.04. The molecule has 0 radical (unpaired) electrons. The lowest BCUT2D eigenvalue weighted by Gasteiger charge is -2.21. The third kappa shape index (κ3) is 6.81. The first-order valence-corrected chi connectivity index (χ1v) is 8.79. The number of nitrogens with one attached hydrogen (secondary N) is 1. The Labute approximate surface area is 166 Å². The van der Waals surface area contributed by atoms with E-state index in [0.29, 0.717) is 11.5 Å². The summed E-state index contributed by atoms with van der Waals surface area (Å²) in [6.07, 6.45) is -2.09. The van der Waals surface area contributed by atoms with Gasteiger partial charge >= 0.3 is 12.3 Å². The summed E-state index contributed by atoms with van der Waals surface area (Å²) >= 11 is 0. The van der Waals surface area contributed by atoms with Crippen LogP contribution in [0.1, 0.15) is 26.3 Å². The van der Waals surface area contributed by atoms with E-state index in [4.69, 9.17) is 9.47 Å². The van der Waals surface area contributed by atoms with Gasteiger partial charge in [0.15, 0.2) is 5.82 Å². The number of rotatable bonds is 6. The lowest BCUT2D eigenvalue weighted by atomic mass is 10.2. The number of halogens is 3. The van der Waals surface area contributed by atoms with Crippen LogP contribution >= 0.6 is 0 Å². The van der Waals surface area contributed by atoms with Crippen LogP contribution in [0.25, 0.3) is 0 Å². The van der Waals surface area contributed by atoms with Gasteiger partial charge in [0, 0.05) is 25.1 Å². The molecule has 0 unspecified atom stereocenters. The highest BCUT2D eigenvalue weighted by Gasteiger charge is 2.30. The van der Waals surface area contributed by atoms with E-state index in [1.807, 2.05) is 0 Å². The zero-order chi connectivity index (χ0) is 21.7. The maximum Gasteiger partial charge on any atom is 0.416 e. The van der Waals surface area contributed by atoms with E-state index < -0.39 is 23.4 Å². The van der Waals surface area contributed by atoms with E-state index in [0.717, 1.165) is 12.1 Å². The van der Waals surface area contributed by atoms with E-state index in [1.54, 1.807) is 32.7 Å². The Morgan fingerprint density at radius 3 is 2.31 bits per heavy atom. The Morgan fingerprint density at radius 2 is 1.72 bits per heavy atom. The number of anilines is 2. The number of carbonyl (C=O) groups excluding carboxylic acids is 1. The van der Waals surface area contributed by atoms with Crippen LogP contribution in [0.15, 0.2) is 36.7 Å². The van der Waals surface area contributed by atoms with E-state index >= 15 is 0 Å². The van der Waals surface area contributed by atoms with Gasteiger partial charge in [-0.3, -0.25) is 0 Å². The van der Waals surface area contributed by atoms with Crippen molar-refractivity contribution in [3.05, 3.63) is 42.2 Å². The lowest BCUT2D eigenvalue weighted by Crippen LogP contribution is -2.34. The molecule has 0 atom stereocenters. The fraction of sp³-hybridized carbons (Fsp3) is 0.421. The summed E-state index contributed by atoms with van der Waals surface area (Å²) in [6, 6.07) is 4.66. The molecule has 1 heterocycles. The fourth-order valence-electron chi connectivity index (χ4n) is 2.26. The molecule has 0 bridgehead atoms. The lowest BCUT2D eigenvalue weighted by molar-refractivity contribution is -0.137. The van der Waals surface area contributed by atoms with Crippen LogP contribution in [0.2, 0.25) is 0 Å². The number of benzene rings is 1. The molecule has 29 heavy (non-hydrogen) atoms. The minimum Gasteiger partial charge on any atom is -0.473 e. The zero-order valence-electron chi connectivity index (χ0n) is 16.6. The number of aromatic nitrogens is 2. The summed E-state index contributed by atoms with van der Waals surface area (Å²) in [6.45, 7) is 5.55. The van der Waals surface area contributed by atoms with E-state index in [2.05, 4.69) is 15.3 Å². The van der Waals surface area contributed by atoms with Crippen molar-refractivity contribution in [3.63, 3.8) is 0 Å². The largest absolute Gasteiger partial charge is 0.473 e. The van der Waals surface area contributed by atoms with Crippen molar-refractivity contribution in [1.29, 1.82) is 0 Å². The number of ether oxygens (including phenoxy) is 2. The van der Waals surface area contributed by atoms with Crippen molar-refractivity contribution in [2.24, 2.45) is 0 Å². The number of nitrogens with zero attached hydrogens (tertiary/aromatic N) is 3. The van der Waals surface area contributed by atoms with Gasteiger partial charge in [0.2, 0.25) is 0 Å². The molecule has 158 valence electrons. The summed E-state index contributed by atoms with van der Waals surface area (Å²) in [4.78, 5) is 21.5. The first-order chi connectivity index (χ1) is 13.5. The SMILES string of the molecule is CN(c1ccc(C(F)(F)F)cc1)c1nccnc1OCCNC(=O)OC(C)(C)C. The molecule has 0 aliphatic carbocycles. The Bertz CT molecular complexity index is 821. The minimum absolute atomic E-state index is 0.103. The van der Waals surface area contributed by atoms with Gasteiger partial charge in [-0.15, -0.1) is 0 Å². The van der Waals surface area contributed by atoms with Crippen molar-refractivity contribution < 1.29 is 27.4 Å². The third-order valence-electron chi connectivity index (χ3n) is 3.56. The summed E-state index contributed by atoms with van der Waals surface area (Å²) < 4.78 is 48.9. The van der Waals surface area contributed by atoms with Crippen LogP contribution < -0.4 is 15.0 Å². The first kappa shape index (κ1) is 22.3. The zero-order valence-corrected chi connectivity index (χ0v) is 16.6. The molecule has 0 saturated heterocycles. The number of amides is 1. The van der Waals surface area contributed by atoms with E-state index in [9.17, 15) is 18.0 Å². The molecule has 2 rings (SSSR count). The Balaban J connectivity index is 2.00. The topological polar surface area (TPSA) is 76.6 Å². The van der Waals surface area contributed by atoms with Crippen LogP contribution in [-0.2, 0) is 10.9 Å². The standard InChI is InChI=1S/C19H23F3N4O3/c1-18(2,3)29-17(27)25-11-12-28-16-15(23-9-10-24-16)26(4)14-7-5-13(6-8-14)19(20,21)22/h5-10H,11-12H2,1-4H3,(H,25,27). The first-order valence-electron chi connectivity index (χ1n) is 8.79. The average molecular weight is 412 g/mol. The van der Waals surface area contributed by atoms with Crippen molar-refractivity contribution in [2.75, 3.05) is 25.1 Å². The predicted molar refractivity (Wildman–Crippen MR) is 101 cm³/mol. The van der Waals surface area contributed by atoms with Gasteiger partial charge in [0.25, 0.3) is 5.88 Å². The number of alkyl halides is 3. The number of hydrogen-bond donors (Lipinski definition) is 1. The number of carbonyl (C=O) groups is 1. The summed E-state index contributed by atoms with van der Waals surface area (Å²) in [5, 5.41) is 2.56. The molecule has 0 aliphatic heterocycles. The molecule has 0 fully saturated rings. The van der Waals surface area contributed by atoms with E-state index in [1.165, 1.54) is 24.5 Å².